The molecule has 0 bridgehead atoms. The summed E-state index contributed by atoms with van der Waals surface area (Å²) in [4.78, 5) is 14.4. The molecule has 4 rings (SSSR count). The number of hydrogen-bond donors (Lipinski definition) is 0. The first-order chi connectivity index (χ1) is 14.3. The van der Waals surface area contributed by atoms with Crippen molar-refractivity contribution in [3.8, 4) is 0 Å². The van der Waals surface area contributed by atoms with Gasteiger partial charge in [0.25, 0.3) is 0 Å². The molecule has 0 N–H and O–H groups in total. The molecule has 0 amide bonds. The third kappa shape index (κ3) is 4.61. The summed E-state index contributed by atoms with van der Waals surface area (Å²) in [5.74, 6) is 2.62. The fourth-order valence-corrected chi connectivity index (χ4v) is 5.57. The Balaban J connectivity index is 1.30. The van der Waals surface area contributed by atoms with E-state index >= 15 is 0 Å². The Bertz CT molecular complexity index is 975. The van der Waals surface area contributed by atoms with Crippen LogP contribution in [0.2, 0.25) is 0 Å². The average Bonchev–Trinajstić information content (AvgIpc) is 2.75. The van der Waals surface area contributed by atoms with Gasteiger partial charge in [-0.25, -0.2) is 13.4 Å². The second kappa shape index (κ2) is 8.53. The molecule has 3 heterocycles. The maximum absolute atomic E-state index is 11.7. The van der Waals surface area contributed by atoms with Gasteiger partial charge in [0.1, 0.15) is 5.82 Å². The fraction of sp³-hybridized carbons (Fsp3) is 0.565. The summed E-state index contributed by atoms with van der Waals surface area (Å²) < 4.78 is 23.3. The SMILES string of the molecule is Cc1cnc(C)c(N2CCC(C3CCN(c4ccc(S(C)(=O)=O)cc4)CC3)CC2)n1. The zero-order chi connectivity index (χ0) is 21.3. The lowest BCUT2D eigenvalue weighted by Crippen LogP contribution is -2.41. The van der Waals surface area contributed by atoms with Crippen LogP contribution < -0.4 is 9.80 Å². The lowest BCUT2D eigenvalue weighted by molar-refractivity contribution is 0.232. The van der Waals surface area contributed by atoms with Crippen LogP contribution in [0.25, 0.3) is 0 Å². The van der Waals surface area contributed by atoms with Crippen molar-refractivity contribution in [2.45, 2.75) is 44.4 Å². The zero-order valence-corrected chi connectivity index (χ0v) is 19.0. The molecule has 6 nitrogen and oxygen atoms in total. The van der Waals surface area contributed by atoms with E-state index in [0.29, 0.717) is 4.90 Å². The molecule has 2 saturated heterocycles. The van der Waals surface area contributed by atoms with Crippen LogP contribution in [0.3, 0.4) is 0 Å². The quantitative estimate of drug-likeness (QED) is 0.741. The van der Waals surface area contributed by atoms with E-state index in [2.05, 4.69) is 14.8 Å². The molecule has 1 aromatic heterocycles. The van der Waals surface area contributed by atoms with Crippen LogP contribution in [0.15, 0.2) is 35.4 Å². The number of aromatic nitrogens is 2. The average molecular weight is 429 g/mol. The van der Waals surface area contributed by atoms with Crippen LogP contribution in [0.1, 0.15) is 37.1 Å². The number of benzene rings is 1. The highest BCUT2D eigenvalue weighted by molar-refractivity contribution is 7.90. The molecule has 30 heavy (non-hydrogen) atoms. The second-order valence-electron chi connectivity index (χ2n) is 8.84. The Morgan fingerprint density at radius 1 is 0.867 bits per heavy atom. The van der Waals surface area contributed by atoms with Crippen LogP contribution in [0, 0.1) is 25.7 Å². The summed E-state index contributed by atoms with van der Waals surface area (Å²) in [6, 6.07) is 7.34. The van der Waals surface area contributed by atoms with E-state index in [4.69, 9.17) is 4.98 Å². The fourth-order valence-electron chi connectivity index (χ4n) is 4.94. The summed E-state index contributed by atoms with van der Waals surface area (Å²) in [5.41, 5.74) is 3.13. The maximum Gasteiger partial charge on any atom is 0.175 e. The van der Waals surface area contributed by atoms with Crippen LogP contribution in [0.4, 0.5) is 11.5 Å². The minimum absolute atomic E-state index is 0.390. The van der Waals surface area contributed by atoms with Crippen molar-refractivity contribution in [2.24, 2.45) is 11.8 Å². The van der Waals surface area contributed by atoms with Gasteiger partial charge in [-0.2, -0.15) is 0 Å². The molecule has 0 unspecified atom stereocenters. The van der Waals surface area contributed by atoms with E-state index in [1.165, 1.54) is 31.9 Å². The minimum Gasteiger partial charge on any atom is -0.372 e. The van der Waals surface area contributed by atoms with E-state index in [-0.39, 0.29) is 0 Å². The van der Waals surface area contributed by atoms with Gasteiger partial charge in [0.2, 0.25) is 0 Å². The van der Waals surface area contributed by atoms with Crippen molar-refractivity contribution < 1.29 is 8.42 Å². The third-order valence-corrected chi connectivity index (χ3v) is 7.85. The van der Waals surface area contributed by atoms with Gasteiger partial charge in [0, 0.05) is 44.3 Å². The summed E-state index contributed by atoms with van der Waals surface area (Å²) in [5, 5.41) is 0. The summed E-state index contributed by atoms with van der Waals surface area (Å²) >= 11 is 0. The highest BCUT2D eigenvalue weighted by Crippen LogP contribution is 2.35. The molecule has 0 atom stereocenters. The maximum atomic E-state index is 11.7. The monoisotopic (exact) mass is 428 g/mol. The van der Waals surface area contributed by atoms with Crippen molar-refractivity contribution in [1.82, 2.24) is 9.97 Å². The first-order valence-corrected chi connectivity index (χ1v) is 12.8. The molecule has 0 radical (unpaired) electrons. The number of rotatable bonds is 4. The summed E-state index contributed by atoms with van der Waals surface area (Å²) in [7, 11) is -3.13. The number of aryl methyl sites for hydroxylation is 2. The van der Waals surface area contributed by atoms with Gasteiger partial charge in [0.15, 0.2) is 9.84 Å². The highest BCUT2D eigenvalue weighted by Gasteiger charge is 2.30. The van der Waals surface area contributed by atoms with Crippen molar-refractivity contribution in [1.29, 1.82) is 0 Å². The molecule has 2 aliphatic heterocycles. The topological polar surface area (TPSA) is 66.4 Å². The molecule has 7 heteroatoms. The number of hydrogen-bond acceptors (Lipinski definition) is 6. The molecule has 0 saturated carbocycles. The van der Waals surface area contributed by atoms with Gasteiger partial charge in [-0.1, -0.05) is 0 Å². The smallest absolute Gasteiger partial charge is 0.175 e. The Hall–Kier alpha value is -2.15. The van der Waals surface area contributed by atoms with Crippen LogP contribution >= 0.6 is 0 Å². The molecular formula is C23H32N4O2S. The van der Waals surface area contributed by atoms with E-state index < -0.39 is 9.84 Å². The summed E-state index contributed by atoms with van der Waals surface area (Å²) in [6.45, 7) is 8.28. The molecule has 2 aromatic rings. The van der Waals surface area contributed by atoms with Gasteiger partial charge in [-0.15, -0.1) is 0 Å². The standard InChI is InChI=1S/C23H32N4O2S/c1-17-16-24-18(2)23(25-17)27-14-10-20(11-15-27)19-8-12-26(13-9-19)21-4-6-22(7-5-21)30(3,28)29/h4-7,16,19-20H,8-15H2,1-3H3. The van der Waals surface area contributed by atoms with Crippen LogP contribution in [-0.4, -0.2) is 50.8 Å². The Labute approximate surface area is 180 Å². The predicted molar refractivity (Wildman–Crippen MR) is 121 cm³/mol. The Morgan fingerprint density at radius 2 is 1.40 bits per heavy atom. The van der Waals surface area contributed by atoms with Gasteiger partial charge in [0.05, 0.1) is 16.3 Å². The molecule has 1 aromatic carbocycles. The van der Waals surface area contributed by atoms with Gasteiger partial charge in [-0.05, 0) is 75.6 Å². The van der Waals surface area contributed by atoms with Crippen molar-refractivity contribution in [3.63, 3.8) is 0 Å². The molecule has 0 spiro atoms. The molecule has 2 fully saturated rings. The Kier molecular flexibility index (Phi) is 6.00. The van der Waals surface area contributed by atoms with E-state index in [0.717, 1.165) is 60.9 Å². The first-order valence-electron chi connectivity index (χ1n) is 10.9. The van der Waals surface area contributed by atoms with Crippen LogP contribution in [-0.2, 0) is 9.84 Å². The normalized spacial score (nSPS) is 19.3. The number of piperidine rings is 2. The number of nitrogens with zero attached hydrogens (tertiary/aromatic N) is 4. The van der Waals surface area contributed by atoms with Crippen LogP contribution in [0.5, 0.6) is 0 Å². The van der Waals surface area contributed by atoms with Crippen molar-refractivity contribution in [3.05, 3.63) is 41.9 Å². The first kappa shape index (κ1) is 21.1. The van der Waals surface area contributed by atoms with E-state index in [9.17, 15) is 8.42 Å². The van der Waals surface area contributed by atoms with E-state index in [1.54, 1.807) is 12.1 Å². The van der Waals surface area contributed by atoms with Gasteiger partial charge < -0.3 is 9.80 Å². The molecule has 2 aliphatic rings. The zero-order valence-electron chi connectivity index (χ0n) is 18.2. The second-order valence-corrected chi connectivity index (χ2v) is 10.9. The van der Waals surface area contributed by atoms with E-state index in [1.807, 2.05) is 32.2 Å². The van der Waals surface area contributed by atoms with Gasteiger partial charge in [-0.3, -0.25) is 4.98 Å². The molecule has 162 valence electrons. The Morgan fingerprint density at radius 3 is 1.93 bits per heavy atom. The minimum atomic E-state index is -3.13. The lowest BCUT2D eigenvalue weighted by atomic mass is 9.78. The third-order valence-electron chi connectivity index (χ3n) is 6.73. The molecular weight excluding hydrogens is 396 g/mol. The number of anilines is 2. The predicted octanol–water partition coefficient (Wildman–Crippen LogP) is 3.63. The highest BCUT2D eigenvalue weighted by atomic mass is 32.2. The van der Waals surface area contributed by atoms with Crippen molar-refractivity contribution >= 4 is 21.3 Å². The largest absolute Gasteiger partial charge is 0.372 e. The van der Waals surface area contributed by atoms with Gasteiger partial charge >= 0.3 is 0 Å². The lowest BCUT2D eigenvalue weighted by Gasteiger charge is -2.41. The molecule has 0 aliphatic carbocycles. The van der Waals surface area contributed by atoms with Crippen molar-refractivity contribution in [2.75, 3.05) is 42.2 Å². The number of sulfone groups is 1. The summed E-state index contributed by atoms with van der Waals surface area (Å²) in [6.07, 6.45) is 7.97.